The van der Waals surface area contributed by atoms with Crippen LogP contribution in [0.5, 0.6) is 0 Å². The van der Waals surface area contributed by atoms with Gasteiger partial charge >= 0.3 is 0 Å². The largest absolute Gasteiger partial charge is 0.389 e. The van der Waals surface area contributed by atoms with Gasteiger partial charge < -0.3 is 24.8 Å². The first-order valence-corrected chi connectivity index (χ1v) is 6.88. The van der Waals surface area contributed by atoms with Crippen molar-refractivity contribution >= 4 is 5.91 Å². The Bertz CT molecular complexity index is 255. The average molecular weight is 274 g/mol. The maximum Gasteiger partial charge on any atom is 0.223 e. The van der Waals surface area contributed by atoms with E-state index in [0.29, 0.717) is 32.7 Å². The van der Waals surface area contributed by atoms with Gasteiger partial charge in [0.1, 0.15) is 0 Å². The van der Waals surface area contributed by atoms with Crippen molar-refractivity contribution in [2.75, 3.05) is 47.0 Å². The summed E-state index contributed by atoms with van der Waals surface area (Å²) in [4.78, 5) is 12.8. The lowest BCUT2D eigenvalue weighted by Crippen LogP contribution is -2.34. The molecule has 6 nitrogen and oxygen atoms in total. The molecule has 2 N–H and O–H groups in total. The van der Waals surface area contributed by atoms with E-state index in [1.807, 2.05) is 0 Å². The maximum absolute atomic E-state index is 11.3. The maximum atomic E-state index is 11.3. The number of ether oxygens (including phenoxy) is 2. The summed E-state index contributed by atoms with van der Waals surface area (Å²) < 4.78 is 10.8. The predicted molar refractivity (Wildman–Crippen MR) is 72.0 cm³/mol. The van der Waals surface area contributed by atoms with Gasteiger partial charge in [0.2, 0.25) is 5.91 Å². The van der Waals surface area contributed by atoms with E-state index in [1.165, 1.54) is 0 Å². The lowest BCUT2D eigenvalue weighted by Gasteiger charge is -2.15. The third kappa shape index (κ3) is 7.47. The van der Waals surface area contributed by atoms with Gasteiger partial charge in [0.25, 0.3) is 0 Å². The first-order chi connectivity index (χ1) is 9.09. The number of rotatable bonds is 9. The minimum Gasteiger partial charge on any atom is -0.389 e. The molecule has 0 aromatic rings. The fraction of sp³-hybridized carbons (Fsp3) is 0.923. The molecular weight excluding hydrogens is 248 g/mol. The van der Waals surface area contributed by atoms with Gasteiger partial charge in [-0.15, -0.1) is 0 Å². The van der Waals surface area contributed by atoms with Crippen molar-refractivity contribution in [1.29, 1.82) is 0 Å². The standard InChI is InChI=1S/C13H26N2O4/c1-15(2)13(17)5-6-14-8-11(16)9-18-10-12-4-3-7-19-12/h11-12,14,16H,3-10H2,1-2H3. The normalized spacial score (nSPS) is 20.5. The molecule has 0 spiro atoms. The molecule has 1 aliphatic rings. The highest BCUT2D eigenvalue weighted by molar-refractivity contribution is 5.75. The number of amides is 1. The summed E-state index contributed by atoms with van der Waals surface area (Å²) in [6, 6.07) is 0. The summed E-state index contributed by atoms with van der Waals surface area (Å²) in [5.41, 5.74) is 0. The zero-order valence-corrected chi connectivity index (χ0v) is 11.9. The van der Waals surface area contributed by atoms with Crippen LogP contribution in [-0.4, -0.2) is 75.1 Å². The van der Waals surface area contributed by atoms with Crippen LogP contribution in [0, 0.1) is 0 Å². The molecule has 0 aromatic carbocycles. The van der Waals surface area contributed by atoms with Gasteiger partial charge in [-0.05, 0) is 12.8 Å². The van der Waals surface area contributed by atoms with Gasteiger partial charge in [-0.3, -0.25) is 4.79 Å². The van der Waals surface area contributed by atoms with E-state index in [4.69, 9.17) is 9.47 Å². The number of aliphatic hydroxyl groups excluding tert-OH is 1. The molecule has 1 amide bonds. The van der Waals surface area contributed by atoms with Crippen molar-refractivity contribution in [3.63, 3.8) is 0 Å². The van der Waals surface area contributed by atoms with Gasteiger partial charge in [0.15, 0.2) is 0 Å². The van der Waals surface area contributed by atoms with Crippen molar-refractivity contribution in [3.8, 4) is 0 Å². The molecule has 2 unspecified atom stereocenters. The Labute approximate surface area is 115 Å². The highest BCUT2D eigenvalue weighted by Crippen LogP contribution is 2.11. The number of hydrogen-bond donors (Lipinski definition) is 2. The summed E-state index contributed by atoms with van der Waals surface area (Å²) >= 11 is 0. The molecule has 2 atom stereocenters. The number of hydrogen-bond acceptors (Lipinski definition) is 5. The third-order valence-corrected chi connectivity index (χ3v) is 3.03. The van der Waals surface area contributed by atoms with E-state index >= 15 is 0 Å². The van der Waals surface area contributed by atoms with Crippen LogP contribution in [0.3, 0.4) is 0 Å². The zero-order valence-electron chi connectivity index (χ0n) is 11.9. The van der Waals surface area contributed by atoms with E-state index in [1.54, 1.807) is 19.0 Å². The smallest absolute Gasteiger partial charge is 0.223 e. The second-order valence-corrected chi connectivity index (χ2v) is 5.07. The molecule has 1 saturated heterocycles. The highest BCUT2D eigenvalue weighted by atomic mass is 16.5. The van der Waals surface area contributed by atoms with E-state index in [9.17, 15) is 9.90 Å². The molecule has 0 aliphatic carbocycles. The van der Waals surface area contributed by atoms with Gasteiger partial charge in [-0.1, -0.05) is 0 Å². The molecule has 1 heterocycles. The summed E-state index contributed by atoms with van der Waals surface area (Å²) in [7, 11) is 3.46. The number of nitrogens with zero attached hydrogens (tertiary/aromatic N) is 1. The first-order valence-electron chi connectivity index (χ1n) is 6.88. The van der Waals surface area contributed by atoms with Crippen molar-refractivity contribution in [1.82, 2.24) is 10.2 Å². The molecule has 1 aliphatic heterocycles. The highest BCUT2D eigenvalue weighted by Gasteiger charge is 2.16. The van der Waals surface area contributed by atoms with Crippen LogP contribution in [0.15, 0.2) is 0 Å². The minimum absolute atomic E-state index is 0.0802. The Morgan fingerprint density at radius 1 is 1.58 bits per heavy atom. The van der Waals surface area contributed by atoms with Crippen LogP contribution < -0.4 is 5.32 Å². The summed E-state index contributed by atoms with van der Waals surface area (Å²) in [5, 5.41) is 12.7. The Hall–Kier alpha value is -0.690. The van der Waals surface area contributed by atoms with Crippen LogP contribution in [0.2, 0.25) is 0 Å². The molecular formula is C13H26N2O4. The second-order valence-electron chi connectivity index (χ2n) is 5.07. The van der Waals surface area contributed by atoms with Crippen molar-refractivity contribution in [2.24, 2.45) is 0 Å². The zero-order chi connectivity index (χ0) is 14.1. The van der Waals surface area contributed by atoms with Gasteiger partial charge in [-0.25, -0.2) is 0 Å². The molecule has 1 fully saturated rings. The first kappa shape index (κ1) is 16.4. The van der Waals surface area contributed by atoms with E-state index in [-0.39, 0.29) is 12.0 Å². The van der Waals surface area contributed by atoms with E-state index < -0.39 is 6.10 Å². The Balaban J connectivity index is 1.92. The molecule has 0 bridgehead atoms. The second kappa shape index (κ2) is 9.25. The summed E-state index contributed by atoms with van der Waals surface area (Å²) in [6.45, 7) is 2.68. The molecule has 6 heteroatoms. The topological polar surface area (TPSA) is 71.0 Å². The van der Waals surface area contributed by atoms with E-state index in [2.05, 4.69) is 5.32 Å². The van der Waals surface area contributed by atoms with Gasteiger partial charge in [0.05, 0.1) is 25.4 Å². The fourth-order valence-corrected chi connectivity index (χ4v) is 1.86. The lowest BCUT2D eigenvalue weighted by molar-refractivity contribution is -0.128. The molecule has 0 aromatic heterocycles. The van der Waals surface area contributed by atoms with E-state index in [0.717, 1.165) is 19.4 Å². The quantitative estimate of drug-likeness (QED) is 0.560. The van der Waals surface area contributed by atoms with Gasteiger partial charge in [-0.2, -0.15) is 0 Å². The van der Waals surface area contributed by atoms with Gasteiger partial charge in [0, 0.05) is 40.2 Å². The monoisotopic (exact) mass is 274 g/mol. The summed E-state index contributed by atoms with van der Waals surface area (Å²) in [6.07, 6.45) is 2.23. The Morgan fingerprint density at radius 2 is 2.37 bits per heavy atom. The molecule has 0 saturated carbocycles. The molecule has 19 heavy (non-hydrogen) atoms. The van der Waals surface area contributed by atoms with Crippen LogP contribution in [0.1, 0.15) is 19.3 Å². The average Bonchev–Trinajstić information content (AvgIpc) is 2.87. The molecule has 0 radical (unpaired) electrons. The van der Waals surface area contributed by atoms with Crippen LogP contribution in [0.25, 0.3) is 0 Å². The van der Waals surface area contributed by atoms with Crippen LogP contribution >= 0.6 is 0 Å². The van der Waals surface area contributed by atoms with Crippen molar-refractivity contribution in [3.05, 3.63) is 0 Å². The lowest BCUT2D eigenvalue weighted by atomic mass is 10.2. The number of carbonyl (C=O) groups is 1. The molecule has 1 rings (SSSR count). The number of aliphatic hydroxyl groups is 1. The van der Waals surface area contributed by atoms with Crippen molar-refractivity contribution in [2.45, 2.75) is 31.5 Å². The van der Waals surface area contributed by atoms with Crippen molar-refractivity contribution < 1.29 is 19.4 Å². The fourth-order valence-electron chi connectivity index (χ4n) is 1.86. The molecule has 112 valence electrons. The summed E-state index contributed by atoms with van der Waals surface area (Å²) in [5.74, 6) is 0.0802. The minimum atomic E-state index is -0.545. The third-order valence-electron chi connectivity index (χ3n) is 3.03. The van der Waals surface area contributed by atoms with Crippen LogP contribution in [0.4, 0.5) is 0 Å². The Kier molecular flexibility index (Phi) is 7.97. The SMILES string of the molecule is CN(C)C(=O)CCNCC(O)COCC1CCCO1. The predicted octanol–water partition coefficient (Wildman–Crippen LogP) is -0.389. The number of nitrogens with one attached hydrogen (secondary N) is 1. The Morgan fingerprint density at radius 3 is 3.00 bits per heavy atom. The number of carbonyl (C=O) groups excluding carboxylic acids is 1. The van der Waals surface area contributed by atoms with Crippen LogP contribution in [-0.2, 0) is 14.3 Å².